The van der Waals surface area contributed by atoms with E-state index < -0.39 is 0 Å². The zero-order valence-electron chi connectivity index (χ0n) is 13.6. The number of rotatable bonds is 4. The number of fused-ring (bicyclic) bond motifs is 1. The van der Waals surface area contributed by atoms with Crippen LogP contribution in [0.25, 0.3) is 11.0 Å². The number of phenolic OH excluding ortho intramolecular Hbond substituents is 1. The molecule has 0 radical (unpaired) electrons. The fraction of sp³-hybridized carbons (Fsp3) is 0.222. The van der Waals surface area contributed by atoms with Crippen LogP contribution < -0.4 is 11.0 Å². The van der Waals surface area contributed by atoms with Crippen molar-refractivity contribution >= 4 is 22.6 Å². The van der Waals surface area contributed by atoms with Gasteiger partial charge in [0.05, 0.1) is 16.7 Å². The minimum absolute atomic E-state index is 0.0330. The summed E-state index contributed by atoms with van der Waals surface area (Å²) in [7, 11) is 1.71. The van der Waals surface area contributed by atoms with Gasteiger partial charge in [0.25, 0.3) is 0 Å². The van der Waals surface area contributed by atoms with Crippen LogP contribution in [0.2, 0.25) is 0 Å². The van der Waals surface area contributed by atoms with Crippen LogP contribution in [0.3, 0.4) is 0 Å². The third-order valence-corrected chi connectivity index (χ3v) is 4.04. The molecular weight excluding hydrogens is 306 g/mol. The van der Waals surface area contributed by atoms with Crippen molar-refractivity contribution < 1.29 is 9.90 Å². The highest BCUT2D eigenvalue weighted by molar-refractivity contribution is 5.92. The van der Waals surface area contributed by atoms with Crippen molar-refractivity contribution in [2.45, 2.75) is 19.9 Å². The van der Waals surface area contributed by atoms with Crippen LogP contribution in [0.5, 0.6) is 5.75 Å². The number of carbonyl (C=O) groups excluding carboxylic acids is 1. The largest absolute Gasteiger partial charge is 0.506 e. The summed E-state index contributed by atoms with van der Waals surface area (Å²) in [4.78, 5) is 24.4. The lowest BCUT2D eigenvalue weighted by molar-refractivity contribution is -0.116. The van der Waals surface area contributed by atoms with Crippen molar-refractivity contribution in [1.82, 2.24) is 9.13 Å². The van der Waals surface area contributed by atoms with Crippen molar-refractivity contribution in [2.75, 3.05) is 5.32 Å². The van der Waals surface area contributed by atoms with E-state index in [2.05, 4.69) is 5.32 Å². The SMILES string of the molecule is Cc1ccc(NC(=O)CCn2c(=O)n(C)c3ccccc32)c(O)c1. The Labute approximate surface area is 139 Å². The highest BCUT2D eigenvalue weighted by Gasteiger charge is 2.12. The summed E-state index contributed by atoms with van der Waals surface area (Å²) < 4.78 is 3.16. The fourth-order valence-corrected chi connectivity index (χ4v) is 2.75. The number of amides is 1. The number of hydrogen-bond acceptors (Lipinski definition) is 3. The van der Waals surface area contributed by atoms with Gasteiger partial charge in [0.2, 0.25) is 5.91 Å². The van der Waals surface area contributed by atoms with Crippen LogP contribution in [0.1, 0.15) is 12.0 Å². The molecule has 0 aliphatic carbocycles. The first kappa shape index (κ1) is 15.9. The average Bonchev–Trinajstić information content (AvgIpc) is 2.80. The van der Waals surface area contributed by atoms with Crippen molar-refractivity contribution in [3.05, 3.63) is 58.5 Å². The Kier molecular flexibility index (Phi) is 4.12. The van der Waals surface area contributed by atoms with Gasteiger partial charge in [0.1, 0.15) is 5.75 Å². The van der Waals surface area contributed by atoms with E-state index in [1.54, 1.807) is 28.3 Å². The number of aromatic hydroxyl groups is 1. The van der Waals surface area contributed by atoms with E-state index >= 15 is 0 Å². The molecule has 6 heteroatoms. The molecule has 0 atom stereocenters. The molecule has 124 valence electrons. The van der Waals surface area contributed by atoms with E-state index in [1.165, 1.54) is 0 Å². The molecule has 1 aromatic heterocycles. The molecule has 0 aliphatic rings. The maximum atomic E-state index is 12.3. The molecule has 1 heterocycles. The second-order valence-corrected chi connectivity index (χ2v) is 5.80. The minimum Gasteiger partial charge on any atom is -0.506 e. The third-order valence-electron chi connectivity index (χ3n) is 4.04. The fourth-order valence-electron chi connectivity index (χ4n) is 2.75. The Bertz CT molecular complexity index is 969. The minimum atomic E-state index is -0.256. The van der Waals surface area contributed by atoms with Crippen LogP contribution in [-0.2, 0) is 18.4 Å². The maximum Gasteiger partial charge on any atom is 0.328 e. The van der Waals surface area contributed by atoms with E-state index in [1.807, 2.05) is 37.3 Å². The first-order valence-electron chi connectivity index (χ1n) is 7.71. The Morgan fingerprint density at radius 3 is 2.58 bits per heavy atom. The highest BCUT2D eigenvalue weighted by atomic mass is 16.3. The normalized spacial score (nSPS) is 10.9. The average molecular weight is 325 g/mol. The molecule has 0 unspecified atom stereocenters. The van der Waals surface area contributed by atoms with Crippen molar-refractivity contribution in [1.29, 1.82) is 0 Å². The Morgan fingerprint density at radius 1 is 1.17 bits per heavy atom. The number of nitrogens with zero attached hydrogens (tertiary/aromatic N) is 2. The summed E-state index contributed by atoms with van der Waals surface area (Å²) in [5, 5.41) is 12.5. The van der Waals surface area contributed by atoms with Crippen LogP contribution in [0, 0.1) is 6.92 Å². The maximum absolute atomic E-state index is 12.3. The molecule has 0 aliphatic heterocycles. The van der Waals surface area contributed by atoms with Gasteiger partial charge in [-0.2, -0.15) is 0 Å². The topological polar surface area (TPSA) is 76.3 Å². The number of phenols is 1. The number of anilines is 1. The van der Waals surface area contributed by atoms with E-state index in [-0.39, 0.29) is 30.3 Å². The number of aryl methyl sites for hydroxylation is 3. The lowest BCUT2D eigenvalue weighted by Crippen LogP contribution is -2.24. The smallest absolute Gasteiger partial charge is 0.328 e. The zero-order chi connectivity index (χ0) is 17.3. The number of hydrogen-bond donors (Lipinski definition) is 2. The number of benzene rings is 2. The second-order valence-electron chi connectivity index (χ2n) is 5.80. The van der Waals surface area contributed by atoms with E-state index in [4.69, 9.17) is 0 Å². The molecule has 2 N–H and O–H groups in total. The predicted molar refractivity (Wildman–Crippen MR) is 93.3 cm³/mol. The monoisotopic (exact) mass is 325 g/mol. The highest BCUT2D eigenvalue weighted by Crippen LogP contribution is 2.24. The van der Waals surface area contributed by atoms with Gasteiger partial charge in [-0.05, 0) is 36.8 Å². The molecule has 1 amide bonds. The summed E-state index contributed by atoms with van der Waals surface area (Å²) >= 11 is 0. The van der Waals surface area contributed by atoms with E-state index in [9.17, 15) is 14.7 Å². The lowest BCUT2D eigenvalue weighted by atomic mass is 10.2. The number of aromatic nitrogens is 2. The number of nitrogens with one attached hydrogen (secondary N) is 1. The first-order valence-corrected chi connectivity index (χ1v) is 7.71. The zero-order valence-corrected chi connectivity index (χ0v) is 13.6. The molecule has 24 heavy (non-hydrogen) atoms. The summed E-state index contributed by atoms with van der Waals surface area (Å²) in [6, 6.07) is 12.5. The van der Waals surface area contributed by atoms with Crippen molar-refractivity contribution in [2.24, 2.45) is 7.05 Å². The van der Waals surface area contributed by atoms with Crippen LogP contribution in [-0.4, -0.2) is 20.1 Å². The molecule has 0 spiro atoms. The third kappa shape index (κ3) is 2.90. The standard InChI is InChI=1S/C18H19N3O3/c1-12-7-8-13(16(22)11-12)19-17(23)9-10-21-15-6-4-3-5-14(15)20(2)18(21)24/h3-8,11,22H,9-10H2,1-2H3,(H,19,23). The summed E-state index contributed by atoms with van der Waals surface area (Å²) in [5.74, 6) is -0.223. The number of para-hydroxylation sites is 2. The Hall–Kier alpha value is -3.02. The molecule has 2 aromatic carbocycles. The van der Waals surface area contributed by atoms with Gasteiger partial charge in [-0.15, -0.1) is 0 Å². The lowest BCUT2D eigenvalue weighted by Gasteiger charge is -2.08. The van der Waals surface area contributed by atoms with E-state index in [0.717, 1.165) is 16.6 Å². The van der Waals surface area contributed by atoms with Gasteiger partial charge in [-0.1, -0.05) is 18.2 Å². The molecule has 0 saturated carbocycles. The van der Waals surface area contributed by atoms with Gasteiger partial charge in [-0.3, -0.25) is 13.9 Å². The first-order chi connectivity index (χ1) is 11.5. The molecule has 0 bridgehead atoms. The van der Waals surface area contributed by atoms with Crippen LogP contribution in [0.4, 0.5) is 5.69 Å². The van der Waals surface area contributed by atoms with Gasteiger partial charge in [0, 0.05) is 20.0 Å². The van der Waals surface area contributed by atoms with Gasteiger partial charge < -0.3 is 10.4 Å². The Balaban J connectivity index is 1.75. The molecule has 3 aromatic rings. The summed E-state index contributed by atoms with van der Waals surface area (Å²) in [6.45, 7) is 2.14. The van der Waals surface area contributed by atoms with Gasteiger partial charge in [0.15, 0.2) is 0 Å². The van der Waals surface area contributed by atoms with Gasteiger partial charge in [-0.25, -0.2) is 4.79 Å². The van der Waals surface area contributed by atoms with Crippen molar-refractivity contribution in [3.63, 3.8) is 0 Å². The van der Waals surface area contributed by atoms with Gasteiger partial charge >= 0.3 is 5.69 Å². The second kappa shape index (κ2) is 6.23. The Morgan fingerprint density at radius 2 is 1.88 bits per heavy atom. The van der Waals surface area contributed by atoms with E-state index in [0.29, 0.717) is 5.69 Å². The van der Waals surface area contributed by atoms with Crippen LogP contribution in [0.15, 0.2) is 47.3 Å². The summed E-state index contributed by atoms with van der Waals surface area (Å²) in [5.41, 5.74) is 2.76. The number of carbonyl (C=O) groups is 1. The quantitative estimate of drug-likeness (QED) is 0.723. The molecule has 0 saturated heterocycles. The molecule has 0 fully saturated rings. The number of imidazole rings is 1. The molecule has 6 nitrogen and oxygen atoms in total. The summed E-state index contributed by atoms with van der Waals surface area (Å²) in [6.07, 6.45) is 0.140. The van der Waals surface area contributed by atoms with Crippen LogP contribution >= 0.6 is 0 Å². The predicted octanol–water partition coefficient (Wildman–Crippen LogP) is 2.38. The van der Waals surface area contributed by atoms with Crippen molar-refractivity contribution in [3.8, 4) is 5.75 Å². The molecular formula is C18H19N3O3. The molecule has 3 rings (SSSR count).